The molecule has 6 nitrogen and oxygen atoms in total. The van der Waals surface area contributed by atoms with Crippen molar-refractivity contribution in [2.75, 3.05) is 20.8 Å². The molecule has 29 heavy (non-hydrogen) atoms. The Bertz CT molecular complexity index is 997. The SMILES string of the molecule is C=C(C)[C@H]1Cc2c(ccc3c2O[C@@H]2COc4cc(OC)c(OC)cc4[C@@H]2[C@@H]3O)O1. The van der Waals surface area contributed by atoms with Crippen LogP contribution in [-0.2, 0) is 6.42 Å². The van der Waals surface area contributed by atoms with Crippen molar-refractivity contribution in [3.8, 4) is 28.7 Å². The summed E-state index contributed by atoms with van der Waals surface area (Å²) in [7, 11) is 3.18. The summed E-state index contributed by atoms with van der Waals surface area (Å²) in [5.41, 5.74) is 3.60. The van der Waals surface area contributed by atoms with E-state index < -0.39 is 6.10 Å². The Labute approximate surface area is 169 Å². The van der Waals surface area contributed by atoms with Gasteiger partial charge in [0.05, 0.1) is 26.2 Å². The van der Waals surface area contributed by atoms with E-state index in [2.05, 4.69) is 6.58 Å². The zero-order valence-corrected chi connectivity index (χ0v) is 16.7. The highest BCUT2D eigenvalue weighted by atomic mass is 16.5. The molecule has 2 aromatic carbocycles. The van der Waals surface area contributed by atoms with Crippen LogP contribution >= 0.6 is 0 Å². The summed E-state index contributed by atoms with van der Waals surface area (Å²) < 4.78 is 29.2. The molecule has 0 aliphatic carbocycles. The summed E-state index contributed by atoms with van der Waals surface area (Å²) in [4.78, 5) is 0. The number of ether oxygens (including phenoxy) is 5. The molecule has 6 heteroatoms. The first-order valence-corrected chi connectivity index (χ1v) is 9.73. The second-order valence-electron chi connectivity index (χ2n) is 7.80. The molecule has 0 unspecified atom stereocenters. The largest absolute Gasteiger partial charge is 0.493 e. The summed E-state index contributed by atoms with van der Waals surface area (Å²) >= 11 is 0. The monoisotopic (exact) mass is 396 g/mol. The maximum Gasteiger partial charge on any atom is 0.164 e. The molecule has 3 aliphatic heterocycles. The van der Waals surface area contributed by atoms with Crippen molar-refractivity contribution < 1.29 is 28.8 Å². The van der Waals surface area contributed by atoms with Gasteiger partial charge in [-0.3, -0.25) is 0 Å². The standard InChI is InChI=1S/C23H24O6/c1-11(2)16-8-14-15(28-16)6-5-12-22(24)21-13-7-18(25-3)19(26-4)9-17(13)27-10-20(21)29-23(12)14/h5-7,9,16,20-22,24H,1,8,10H2,2-4H3/t16-,20-,21+,22-/m1/s1. The molecule has 0 saturated heterocycles. The molecule has 0 radical (unpaired) electrons. The molecule has 0 amide bonds. The molecule has 5 rings (SSSR count). The second-order valence-corrected chi connectivity index (χ2v) is 7.80. The van der Waals surface area contributed by atoms with Crippen LogP contribution in [0, 0.1) is 0 Å². The van der Waals surface area contributed by atoms with Crippen molar-refractivity contribution in [1.29, 1.82) is 0 Å². The summed E-state index contributed by atoms with van der Waals surface area (Å²) in [6.07, 6.45) is -0.396. The molecule has 0 saturated carbocycles. The van der Waals surface area contributed by atoms with Gasteiger partial charge in [-0.15, -0.1) is 0 Å². The van der Waals surface area contributed by atoms with E-state index in [1.54, 1.807) is 20.3 Å². The predicted molar refractivity (Wildman–Crippen MR) is 107 cm³/mol. The smallest absolute Gasteiger partial charge is 0.164 e. The molecule has 0 bridgehead atoms. The number of benzene rings is 2. The topological polar surface area (TPSA) is 66.4 Å². The molecule has 3 aliphatic rings. The summed E-state index contributed by atoms with van der Waals surface area (Å²) in [6, 6.07) is 7.49. The first kappa shape index (κ1) is 18.2. The number of aliphatic hydroxyl groups excluding tert-OH is 1. The minimum Gasteiger partial charge on any atom is -0.493 e. The molecule has 4 atom stereocenters. The van der Waals surface area contributed by atoms with Crippen LogP contribution in [0.25, 0.3) is 0 Å². The number of hydrogen-bond acceptors (Lipinski definition) is 6. The van der Waals surface area contributed by atoms with Gasteiger partial charge in [0.2, 0.25) is 0 Å². The highest BCUT2D eigenvalue weighted by molar-refractivity contribution is 5.59. The van der Waals surface area contributed by atoms with Crippen molar-refractivity contribution in [3.05, 3.63) is 53.1 Å². The van der Waals surface area contributed by atoms with Gasteiger partial charge >= 0.3 is 0 Å². The number of hydrogen-bond donors (Lipinski definition) is 1. The van der Waals surface area contributed by atoms with Gasteiger partial charge in [-0.25, -0.2) is 0 Å². The maximum atomic E-state index is 11.3. The first-order valence-electron chi connectivity index (χ1n) is 9.73. The average molecular weight is 396 g/mol. The molecule has 0 aromatic heterocycles. The number of fused-ring (bicyclic) bond motifs is 6. The Morgan fingerprint density at radius 2 is 1.83 bits per heavy atom. The van der Waals surface area contributed by atoms with Gasteiger partial charge in [0.25, 0.3) is 0 Å². The zero-order valence-electron chi connectivity index (χ0n) is 16.7. The summed E-state index contributed by atoms with van der Waals surface area (Å²) in [6.45, 7) is 6.32. The van der Waals surface area contributed by atoms with Crippen molar-refractivity contribution in [3.63, 3.8) is 0 Å². The van der Waals surface area contributed by atoms with Crippen LogP contribution in [-0.4, -0.2) is 38.1 Å². The van der Waals surface area contributed by atoms with E-state index in [1.807, 2.05) is 25.1 Å². The lowest BCUT2D eigenvalue weighted by Gasteiger charge is -2.41. The van der Waals surface area contributed by atoms with E-state index in [0.717, 1.165) is 28.0 Å². The summed E-state index contributed by atoms with van der Waals surface area (Å²) in [5, 5.41) is 11.3. The van der Waals surface area contributed by atoms with Crippen molar-refractivity contribution in [2.24, 2.45) is 0 Å². The van der Waals surface area contributed by atoms with Crippen molar-refractivity contribution >= 4 is 0 Å². The van der Waals surface area contributed by atoms with E-state index in [4.69, 9.17) is 23.7 Å². The molecule has 3 heterocycles. The minimum absolute atomic E-state index is 0.0602. The van der Waals surface area contributed by atoms with Gasteiger partial charge in [0, 0.05) is 29.2 Å². The molecule has 1 N–H and O–H groups in total. The lowest BCUT2D eigenvalue weighted by atomic mass is 9.80. The quantitative estimate of drug-likeness (QED) is 0.801. The van der Waals surface area contributed by atoms with Crippen LogP contribution in [0.4, 0.5) is 0 Å². The fourth-order valence-corrected chi connectivity index (χ4v) is 4.52. The van der Waals surface area contributed by atoms with Crippen molar-refractivity contribution in [2.45, 2.75) is 37.6 Å². The van der Waals surface area contributed by atoms with Gasteiger partial charge in [0.1, 0.15) is 36.1 Å². The maximum absolute atomic E-state index is 11.3. The van der Waals surface area contributed by atoms with Gasteiger partial charge in [-0.05, 0) is 30.7 Å². The minimum atomic E-state index is -0.723. The Hall–Kier alpha value is -2.86. The van der Waals surface area contributed by atoms with E-state index in [1.165, 1.54) is 0 Å². The van der Waals surface area contributed by atoms with E-state index in [9.17, 15) is 5.11 Å². The molecule has 152 valence electrons. The lowest BCUT2D eigenvalue weighted by Crippen LogP contribution is -2.42. The Kier molecular flexibility index (Phi) is 4.13. The van der Waals surface area contributed by atoms with Gasteiger partial charge in [-0.1, -0.05) is 6.58 Å². The zero-order chi connectivity index (χ0) is 20.3. The van der Waals surface area contributed by atoms with Crippen molar-refractivity contribution in [1.82, 2.24) is 0 Å². The number of aliphatic hydroxyl groups is 1. The molecule has 2 aromatic rings. The lowest BCUT2D eigenvalue weighted by molar-refractivity contribution is 0.000791. The van der Waals surface area contributed by atoms with E-state index >= 15 is 0 Å². The molecular weight excluding hydrogens is 372 g/mol. The van der Waals surface area contributed by atoms with Crippen LogP contribution in [0.15, 0.2) is 36.4 Å². The third-order valence-electron chi connectivity index (χ3n) is 6.06. The fourth-order valence-electron chi connectivity index (χ4n) is 4.52. The van der Waals surface area contributed by atoms with Gasteiger partial charge < -0.3 is 28.8 Å². The molecule has 0 spiro atoms. The van der Waals surface area contributed by atoms with Crippen LogP contribution in [0.1, 0.15) is 35.6 Å². The number of rotatable bonds is 3. The predicted octanol–water partition coefficient (Wildman–Crippen LogP) is 3.55. The summed E-state index contributed by atoms with van der Waals surface area (Å²) in [5.74, 6) is 3.13. The van der Waals surface area contributed by atoms with E-state index in [-0.39, 0.29) is 18.1 Å². The van der Waals surface area contributed by atoms with Gasteiger partial charge in [0.15, 0.2) is 11.5 Å². The fraction of sp³-hybridized carbons (Fsp3) is 0.391. The first-order chi connectivity index (χ1) is 14.0. The van der Waals surface area contributed by atoms with Crippen LogP contribution in [0.5, 0.6) is 28.7 Å². The van der Waals surface area contributed by atoms with Gasteiger partial charge in [-0.2, -0.15) is 0 Å². The van der Waals surface area contributed by atoms with Crippen LogP contribution in [0.3, 0.4) is 0 Å². The average Bonchev–Trinajstić information content (AvgIpc) is 3.17. The third kappa shape index (κ3) is 2.66. The van der Waals surface area contributed by atoms with E-state index in [0.29, 0.717) is 36.0 Å². The Balaban J connectivity index is 1.57. The number of methoxy groups -OCH3 is 2. The van der Waals surface area contributed by atoms with Crippen LogP contribution < -0.4 is 23.7 Å². The Morgan fingerprint density at radius 1 is 1.07 bits per heavy atom. The third-order valence-corrected chi connectivity index (χ3v) is 6.06. The molecule has 0 fully saturated rings. The highest BCUT2D eigenvalue weighted by Crippen LogP contribution is 2.53. The normalized spacial score (nSPS) is 25.9. The second kappa shape index (κ2) is 6.59. The Morgan fingerprint density at radius 3 is 2.55 bits per heavy atom. The van der Waals surface area contributed by atoms with Crippen LogP contribution in [0.2, 0.25) is 0 Å². The molecular formula is C23H24O6. The highest BCUT2D eigenvalue weighted by Gasteiger charge is 2.45.